The summed E-state index contributed by atoms with van der Waals surface area (Å²) in [6, 6.07) is 15.6. The fraction of sp³-hybridized carbons (Fsp3) is 0.667. The molecule has 6 nitrogen and oxygen atoms in total. The molecule has 0 amide bonds. The number of ether oxygens (including phenoxy) is 2. The van der Waals surface area contributed by atoms with Gasteiger partial charge in [0.1, 0.15) is 11.5 Å². The molecule has 0 spiro atoms. The van der Waals surface area contributed by atoms with Crippen LogP contribution in [0.1, 0.15) is 137 Å². The molecule has 0 aromatic heterocycles. The van der Waals surface area contributed by atoms with Gasteiger partial charge in [0.05, 0.1) is 13.2 Å². The van der Waals surface area contributed by atoms with Crippen molar-refractivity contribution in [3.8, 4) is 11.5 Å². The maximum Gasteiger partial charge on any atom is 0.167 e. The number of Topliss-reactive ketones (excluding diaryl/α,β-unsaturated/α-hetero) is 2. The van der Waals surface area contributed by atoms with E-state index >= 15 is 0 Å². The van der Waals surface area contributed by atoms with E-state index in [1.165, 1.54) is 64.2 Å². The molecule has 2 aromatic rings. The maximum atomic E-state index is 14.2. The number of likely N-dealkylation sites (tertiary alicyclic amines) is 2. The summed E-state index contributed by atoms with van der Waals surface area (Å²) in [7, 11) is 0. The summed E-state index contributed by atoms with van der Waals surface area (Å²) in [6.45, 7) is 11.5. The van der Waals surface area contributed by atoms with Crippen LogP contribution in [0.25, 0.3) is 0 Å². The van der Waals surface area contributed by atoms with Gasteiger partial charge in [-0.2, -0.15) is 0 Å². The molecule has 50 heavy (non-hydrogen) atoms. The molecule has 0 bridgehead atoms. The molecule has 2 aliphatic rings. The largest absolute Gasteiger partial charge is 0.494 e. The number of hydrogen-bond donors (Lipinski definition) is 0. The van der Waals surface area contributed by atoms with Crippen LogP contribution in [-0.2, 0) is 0 Å². The van der Waals surface area contributed by atoms with Crippen LogP contribution in [0.15, 0.2) is 48.5 Å². The smallest absolute Gasteiger partial charge is 0.167 e. The average molecular weight is 734 g/mol. The Hall–Kier alpha value is -2.12. The zero-order valence-corrected chi connectivity index (χ0v) is 32.7. The third-order valence-electron chi connectivity index (χ3n) is 10.3. The number of nitrogens with zero attached hydrogens (tertiary/aromatic N) is 2. The molecule has 2 unspecified atom stereocenters. The highest BCUT2D eigenvalue weighted by molar-refractivity contribution is 5.99. The number of hydrogen-bond acceptors (Lipinski definition) is 6. The van der Waals surface area contributed by atoms with E-state index in [-0.39, 0.29) is 48.2 Å². The first-order valence-electron chi connectivity index (χ1n) is 19.6. The lowest BCUT2D eigenvalue weighted by molar-refractivity contribution is 0.0810. The molecular formula is C42H66Cl2N2O4. The first-order valence-corrected chi connectivity index (χ1v) is 19.6. The minimum atomic E-state index is -0.141. The number of halogens is 2. The van der Waals surface area contributed by atoms with Crippen LogP contribution in [0.2, 0.25) is 0 Å². The number of unbranched alkanes of at least 4 members (excludes halogenated alkanes) is 4. The van der Waals surface area contributed by atoms with Gasteiger partial charge in [-0.15, -0.1) is 24.8 Å². The minimum absolute atomic E-state index is 0. The van der Waals surface area contributed by atoms with Gasteiger partial charge in [0.15, 0.2) is 11.6 Å². The second-order valence-electron chi connectivity index (χ2n) is 14.3. The van der Waals surface area contributed by atoms with Crippen molar-refractivity contribution in [1.29, 1.82) is 0 Å². The van der Waals surface area contributed by atoms with Gasteiger partial charge in [0.2, 0.25) is 0 Å². The van der Waals surface area contributed by atoms with Crippen molar-refractivity contribution in [1.82, 2.24) is 9.80 Å². The number of carbonyl (C=O) groups excluding carboxylic acids is 2. The van der Waals surface area contributed by atoms with Crippen molar-refractivity contribution in [2.45, 2.75) is 117 Å². The van der Waals surface area contributed by atoms with Gasteiger partial charge >= 0.3 is 0 Å². The van der Waals surface area contributed by atoms with E-state index in [1.807, 2.05) is 48.5 Å². The van der Waals surface area contributed by atoms with Crippen LogP contribution in [0.5, 0.6) is 11.5 Å². The predicted octanol–water partition coefficient (Wildman–Crippen LogP) is 10.5. The van der Waals surface area contributed by atoms with E-state index < -0.39 is 0 Å². The fourth-order valence-corrected chi connectivity index (χ4v) is 7.26. The standard InChI is InChI=1S/C42H64N2O4.2ClH/c1-3-5-15-31-47-39-23-19-35(20-24-39)41(45)37(33-43-27-11-7-8-12-28-43)17-18-38(34-44-29-13-9-10-14-30-44)42(46)36-21-25-40(26-22-36)48-32-16-6-4-2;;/h19-26,37-38H,3-18,27-34H2,1-2H3;2*1H. The van der Waals surface area contributed by atoms with Crippen LogP contribution in [0.4, 0.5) is 0 Å². The number of carbonyl (C=O) groups is 2. The van der Waals surface area contributed by atoms with Crippen LogP contribution in [0, 0.1) is 11.8 Å². The van der Waals surface area contributed by atoms with E-state index in [1.54, 1.807) is 0 Å². The molecule has 282 valence electrons. The normalized spacial score (nSPS) is 16.9. The summed E-state index contributed by atoms with van der Waals surface area (Å²) in [5.74, 6) is 1.76. The van der Waals surface area contributed by atoms with E-state index in [0.29, 0.717) is 26.1 Å². The van der Waals surface area contributed by atoms with Crippen LogP contribution in [0.3, 0.4) is 0 Å². The number of benzene rings is 2. The van der Waals surface area contributed by atoms with E-state index in [2.05, 4.69) is 23.6 Å². The lowest BCUT2D eigenvalue weighted by Crippen LogP contribution is -2.37. The Labute approximate surface area is 316 Å². The van der Waals surface area contributed by atoms with Gasteiger partial charge in [-0.25, -0.2) is 0 Å². The Bertz CT molecular complexity index is 1080. The van der Waals surface area contributed by atoms with E-state index in [0.717, 1.165) is 87.6 Å². The number of ketones is 2. The number of rotatable bonds is 21. The van der Waals surface area contributed by atoms with Crippen molar-refractivity contribution in [2.24, 2.45) is 11.8 Å². The Morgan fingerprint density at radius 1 is 0.540 bits per heavy atom. The van der Waals surface area contributed by atoms with Gasteiger partial charge in [-0.1, -0.05) is 65.2 Å². The summed E-state index contributed by atoms with van der Waals surface area (Å²) >= 11 is 0. The molecular weight excluding hydrogens is 667 g/mol. The second kappa shape index (κ2) is 25.8. The summed E-state index contributed by atoms with van der Waals surface area (Å²) in [6.07, 6.45) is 18.0. The summed E-state index contributed by atoms with van der Waals surface area (Å²) in [5.41, 5.74) is 1.50. The molecule has 4 rings (SSSR count). The third kappa shape index (κ3) is 15.6. The molecule has 2 saturated heterocycles. The first-order chi connectivity index (χ1) is 23.6. The molecule has 2 aromatic carbocycles. The quantitative estimate of drug-likeness (QED) is 0.0941. The van der Waals surface area contributed by atoms with E-state index in [9.17, 15) is 9.59 Å². The Morgan fingerprint density at radius 3 is 1.20 bits per heavy atom. The zero-order chi connectivity index (χ0) is 33.8. The topological polar surface area (TPSA) is 59.1 Å². The predicted molar refractivity (Wildman–Crippen MR) is 212 cm³/mol. The Kier molecular flexibility index (Phi) is 22.7. The van der Waals surface area contributed by atoms with Gasteiger partial charge in [0.25, 0.3) is 0 Å². The summed E-state index contributed by atoms with van der Waals surface area (Å²) in [5, 5.41) is 0. The van der Waals surface area contributed by atoms with Crippen molar-refractivity contribution in [3.05, 3.63) is 59.7 Å². The molecule has 8 heteroatoms. The molecule has 2 heterocycles. The van der Waals surface area contributed by atoms with Crippen LogP contribution in [-0.4, -0.2) is 73.8 Å². The van der Waals surface area contributed by atoms with Gasteiger partial charge < -0.3 is 19.3 Å². The molecule has 2 fully saturated rings. The van der Waals surface area contributed by atoms with Crippen LogP contribution < -0.4 is 9.47 Å². The molecule has 0 radical (unpaired) electrons. The monoisotopic (exact) mass is 732 g/mol. The zero-order valence-electron chi connectivity index (χ0n) is 31.1. The maximum absolute atomic E-state index is 14.2. The highest BCUT2D eigenvalue weighted by Gasteiger charge is 2.29. The first kappa shape index (κ1) is 44.0. The third-order valence-corrected chi connectivity index (χ3v) is 10.3. The highest BCUT2D eigenvalue weighted by Crippen LogP contribution is 2.26. The average Bonchev–Trinajstić information content (AvgIpc) is 3.55. The van der Waals surface area contributed by atoms with Gasteiger partial charge in [-0.05, 0) is 126 Å². The van der Waals surface area contributed by atoms with Gasteiger partial charge in [-0.3, -0.25) is 9.59 Å². The van der Waals surface area contributed by atoms with Crippen molar-refractivity contribution in [3.63, 3.8) is 0 Å². The molecule has 0 N–H and O–H groups in total. The summed E-state index contributed by atoms with van der Waals surface area (Å²) in [4.78, 5) is 33.4. The molecule has 2 aliphatic heterocycles. The van der Waals surface area contributed by atoms with Crippen LogP contribution >= 0.6 is 24.8 Å². The fourth-order valence-electron chi connectivity index (χ4n) is 7.26. The Balaban J connectivity index is 0.00000433. The van der Waals surface area contributed by atoms with Crippen molar-refractivity contribution in [2.75, 3.05) is 52.5 Å². The van der Waals surface area contributed by atoms with Crippen molar-refractivity contribution < 1.29 is 19.1 Å². The molecule has 0 aliphatic carbocycles. The second-order valence-corrected chi connectivity index (χ2v) is 14.3. The minimum Gasteiger partial charge on any atom is -0.494 e. The lowest BCUT2D eigenvalue weighted by atomic mass is 9.86. The summed E-state index contributed by atoms with van der Waals surface area (Å²) < 4.78 is 11.9. The van der Waals surface area contributed by atoms with E-state index in [4.69, 9.17) is 9.47 Å². The SMILES string of the molecule is CCCCCOc1ccc(C(=O)C(CCC(CN2CCCCCC2)C(=O)c2ccc(OCCCCC)cc2)CN2CCCCCC2)cc1.Cl.Cl. The lowest BCUT2D eigenvalue weighted by Gasteiger charge is -2.29. The van der Waals surface area contributed by atoms with Gasteiger partial charge in [0, 0.05) is 36.1 Å². The molecule has 0 saturated carbocycles. The Morgan fingerprint density at radius 2 is 0.880 bits per heavy atom. The van der Waals surface area contributed by atoms with Crippen molar-refractivity contribution >= 4 is 36.4 Å². The highest BCUT2D eigenvalue weighted by atomic mass is 35.5. The molecule has 2 atom stereocenters.